The Morgan fingerprint density at radius 2 is 1.69 bits per heavy atom. The van der Waals surface area contributed by atoms with Gasteiger partial charge in [0.15, 0.2) is 0 Å². The molecule has 0 aromatic heterocycles. The molecule has 16 heavy (non-hydrogen) atoms. The maximum Gasteiger partial charge on any atom is 0.234 e. The predicted octanol–water partition coefficient (Wildman–Crippen LogP) is 2.02. The van der Waals surface area contributed by atoms with Gasteiger partial charge in [-0.3, -0.25) is 9.69 Å². The Hall–Kier alpha value is -0.570. The van der Waals surface area contributed by atoms with Crippen molar-refractivity contribution >= 4 is 5.91 Å². The van der Waals surface area contributed by atoms with Gasteiger partial charge < -0.3 is 5.32 Å². The number of nitrogens with one attached hydrogen (secondary N) is 1. The summed E-state index contributed by atoms with van der Waals surface area (Å²) in [6, 6.07) is 0.277. The number of hydrogen-bond donors (Lipinski definition) is 1. The van der Waals surface area contributed by atoms with Crippen LogP contribution in [-0.4, -0.2) is 36.5 Å². The van der Waals surface area contributed by atoms with Crippen LogP contribution < -0.4 is 5.32 Å². The lowest BCUT2D eigenvalue weighted by Crippen LogP contribution is -2.43. The zero-order valence-electron chi connectivity index (χ0n) is 11.0. The van der Waals surface area contributed by atoms with Crippen molar-refractivity contribution in [2.75, 3.05) is 19.6 Å². The Labute approximate surface area is 99.6 Å². The number of amides is 1. The molecular weight excluding hydrogens is 200 g/mol. The molecular formula is C13H26N2O. The van der Waals surface area contributed by atoms with Crippen LogP contribution in [0.25, 0.3) is 0 Å². The molecule has 3 nitrogen and oxygen atoms in total. The summed E-state index contributed by atoms with van der Waals surface area (Å²) in [6.07, 6.45) is 5.13. The van der Waals surface area contributed by atoms with E-state index < -0.39 is 0 Å². The highest BCUT2D eigenvalue weighted by Gasteiger charge is 2.15. The first-order chi connectivity index (χ1) is 7.59. The summed E-state index contributed by atoms with van der Waals surface area (Å²) in [5.41, 5.74) is 0. The minimum Gasteiger partial charge on any atom is -0.352 e. The van der Waals surface area contributed by atoms with Crippen molar-refractivity contribution in [2.45, 2.75) is 52.5 Å². The van der Waals surface area contributed by atoms with Crippen molar-refractivity contribution < 1.29 is 4.79 Å². The third-order valence-corrected chi connectivity index (χ3v) is 3.45. The molecule has 0 bridgehead atoms. The Morgan fingerprint density at radius 3 is 2.19 bits per heavy atom. The van der Waals surface area contributed by atoms with Gasteiger partial charge in [0.1, 0.15) is 0 Å². The zero-order chi connectivity index (χ0) is 12.0. The SMILES string of the molecule is CC(C)C(C)NC(=O)CN1CCCCCC1. The monoisotopic (exact) mass is 226 g/mol. The normalized spacial score (nSPS) is 20.5. The highest BCUT2D eigenvalue weighted by molar-refractivity contribution is 5.78. The summed E-state index contributed by atoms with van der Waals surface area (Å²) < 4.78 is 0. The Bertz CT molecular complexity index is 208. The van der Waals surface area contributed by atoms with E-state index in [1.807, 2.05) is 0 Å². The molecule has 0 spiro atoms. The molecule has 0 saturated carbocycles. The second-order valence-corrected chi connectivity index (χ2v) is 5.29. The highest BCUT2D eigenvalue weighted by Crippen LogP contribution is 2.09. The second-order valence-electron chi connectivity index (χ2n) is 5.29. The van der Waals surface area contributed by atoms with Gasteiger partial charge in [-0.05, 0) is 38.8 Å². The quantitative estimate of drug-likeness (QED) is 0.795. The third kappa shape index (κ3) is 4.97. The predicted molar refractivity (Wildman–Crippen MR) is 67.4 cm³/mol. The van der Waals surface area contributed by atoms with Crippen LogP contribution in [0.2, 0.25) is 0 Å². The average molecular weight is 226 g/mol. The highest BCUT2D eigenvalue weighted by atomic mass is 16.2. The summed E-state index contributed by atoms with van der Waals surface area (Å²) in [5.74, 6) is 0.691. The van der Waals surface area contributed by atoms with Crippen LogP contribution >= 0.6 is 0 Å². The lowest BCUT2D eigenvalue weighted by Gasteiger charge is -2.22. The Balaban J connectivity index is 2.26. The van der Waals surface area contributed by atoms with E-state index in [1.165, 1.54) is 25.7 Å². The number of rotatable bonds is 4. The van der Waals surface area contributed by atoms with Gasteiger partial charge in [0, 0.05) is 6.04 Å². The fourth-order valence-electron chi connectivity index (χ4n) is 1.96. The van der Waals surface area contributed by atoms with Crippen LogP contribution in [0.4, 0.5) is 0 Å². The number of likely N-dealkylation sites (tertiary alicyclic amines) is 1. The van der Waals surface area contributed by atoms with Gasteiger partial charge in [0.25, 0.3) is 0 Å². The summed E-state index contributed by atoms with van der Waals surface area (Å²) in [7, 11) is 0. The van der Waals surface area contributed by atoms with Gasteiger partial charge in [-0.25, -0.2) is 0 Å². The van der Waals surface area contributed by atoms with E-state index in [0.29, 0.717) is 12.5 Å². The molecule has 1 saturated heterocycles. The zero-order valence-corrected chi connectivity index (χ0v) is 11.0. The van der Waals surface area contributed by atoms with E-state index in [9.17, 15) is 4.79 Å². The molecule has 94 valence electrons. The van der Waals surface area contributed by atoms with Gasteiger partial charge in [-0.2, -0.15) is 0 Å². The summed E-state index contributed by atoms with van der Waals surface area (Å²) in [4.78, 5) is 14.1. The fraction of sp³-hybridized carbons (Fsp3) is 0.923. The standard InChI is InChI=1S/C13H26N2O/c1-11(2)12(3)14-13(16)10-15-8-6-4-5-7-9-15/h11-12H,4-10H2,1-3H3,(H,14,16). The van der Waals surface area contributed by atoms with Crippen molar-refractivity contribution in [3.05, 3.63) is 0 Å². The minimum absolute atomic E-state index is 0.183. The molecule has 1 N–H and O–H groups in total. The van der Waals surface area contributed by atoms with Crippen molar-refractivity contribution in [1.29, 1.82) is 0 Å². The van der Waals surface area contributed by atoms with Crippen LogP contribution in [-0.2, 0) is 4.79 Å². The van der Waals surface area contributed by atoms with Gasteiger partial charge in [-0.1, -0.05) is 26.7 Å². The van der Waals surface area contributed by atoms with Crippen LogP contribution in [0.5, 0.6) is 0 Å². The molecule has 1 amide bonds. The van der Waals surface area contributed by atoms with Crippen LogP contribution in [0.1, 0.15) is 46.5 Å². The molecule has 0 radical (unpaired) electrons. The molecule has 1 unspecified atom stereocenters. The lowest BCUT2D eigenvalue weighted by atomic mass is 10.1. The second kappa shape index (κ2) is 6.89. The molecule has 1 fully saturated rings. The maximum absolute atomic E-state index is 11.8. The maximum atomic E-state index is 11.8. The van der Waals surface area contributed by atoms with Gasteiger partial charge in [-0.15, -0.1) is 0 Å². The smallest absolute Gasteiger partial charge is 0.234 e. The first-order valence-corrected chi connectivity index (χ1v) is 6.61. The van der Waals surface area contributed by atoms with E-state index in [1.54, 1.807) is 0 Å². The van der Waals surface area contributed by atoms with E-state index in [4.69, 9.17) is 0 Å². The number of carbonyl (C=O) groups is 1. The number of carbonyl (C=O) groups excluding carboxylic acids is 1. The molecule has 1 atom stereocenters. The molecule has 1 aliphatic rings. The lowest BCUT2D eigenvalue weighted by molar-refractivity contribution is -0.123. The minimum atomic E-state index is 0.183. The molecule has 0 aromatic rings. The van der Waals surface area contributed by atoms with Crippen molar-refractivity contribution in [3.8, 4) is 0 Å². The molecule has 3 heteroatoms. The van der Waals surface area contributed by atoms with E-state index >= 15 is 0 Å². The van der Waals surface area contributed by atoms with Gasteiger partial charge >= 0.3 is 0 Å². The Kier molecular flexibility index (Phi) is 5.81. The van der Waals surface area contributed by atoms with E-state index in [-0.39, 0.29) is 11.9 Å². The largest absolute Gasteiger partial charge is 0.352 e. The molecule has 0 aliphatic carbocycles. The first kappa shape index (κ1) is 13.5. The molecule has 0 aromatic carbocycles. The van der Waals surface area contributed by atoms with Crippen LogP contribution in [0.15, 0.2) is 0 Å². The fourth-order valence-corrected chi connectivity index (χ4v) is 1.96. The van der Waals surface area contributed by atoms with Crippen molar-refractivity contribution in [3.63, 3.8) is 0 Å². The molecule has 1 heterocycles. The van der Waals surface area contributed by atoms with Crippen LogP contribution in [0, 0.1) is 5.92 Å². The topological polar surface area (TPSA) is 32.3 Å². The van der Waals surface area contributed by atoms with E-state index in [2.05, 4.69) is 31.0 Å². The van der Waals surface area contributed by atoms with Crippen molar-refractivity contribution in [2.24, 2.45) is 5.92 Å². The summed E-state index contributed by atoms with van der Waals surface area (Å²) in [5, 5.41) is 3.07. The molecule has 1 aliphatic heterocycles. The molecule has 1 rings (SSSR count). The van der Waals surface area contributed by atoms with Gasteiger partial charge in [0.05, 0.1) is 6.54 Å². The average Bonchev–Trinajstić information content (AvgIpc) is 2.45. The Morgan fingerprint density at radius 1 is 1.12 bits per heavy atom. The van der Waals surface area contributed by atoms with Crippen LogP contribution in [0.3, 0.4) is 0 Å². The summed E-state index contributed by atoms with van der Waals surface area (Å²) >= 11 is 0. The first-order valence-electron chi connectivity index (χ1n) is 6.61. The summed E-state index contributed by atoms with van der Waals surface area (Å²) in [6.45, 7) is 9.10. The third-order valence-electron chi connectivity index (χ3n) is 3.45. The van der Waals surface area contributed by atoms with Crippen molar-refractivity contribution in [1.82, 2.24) is 10.2 Å². The number of nitrogens with zero attached hydrogens (tertiary/aromatic N) is 1. The number of hydrogen-bond acceptors (Lipinski definition) is 2. The van der Waals surface area contributed by atoms with Gasteiger partial charge in [0.2, 0.25) is 5.91 Å². The van der Waals surface area contributed by atoms with E-state index in [0.717, 1.165) is 13.1 Å².